The van der Waals surface area contributed by atoms with E-state index in [1.54, 1.807) is 12.4 Å². The zero-order valence-electron chi connectivity index (χ0n) is 14.3. The van der Waals surface area contributed by atoms with E-state index in [9.17, 15) is 0 Å². The minimum Gasteiger partial charge on any atom is -0.367 e. The van der Waals surface area contributed by atoms with Crippen molar-refractivity contribution in [2.45, 2.75) is 0 Å². The monoisotopic (exact) mass is 379 g/mol. The van der Waals surface area contributed by atoms with Crippen molar-refractivity contribution in [3.63, 3.8) is 0 Å². The number of nitrogens with one attached hydrogen (secondary N) is 3. The maximum atomic E-state index is 5.75. The predicted octanol–water partition coefficient (Wildman–Crippen LogP) is 3.34. The molecule has 7 nitrogen and oxygen atoms in total. The lowest BCUT2D eigenvalue weighted by molar-refractivity contribution is 0.994. The number of aromatic amines is 2. The number of hydrazone groups is 1. The van der Waals surface area contributed by atoms with Crippen LogP contribution in [0.4, 0.5) is 0 Å². The predicted molar refractivity (Wildman–Crippen MR) is 114 cm³/mol. The van der Waals surface area contributed by atoms with Crippen molar-refractivity contribution in [2.75, 3.05) is 0 Å². The van der Waals surface area contributed by atoms with Crippen LogP contribution in [0.25, 0.3) is 21.8 Å². The van der Waals surface area contributed by atoms with Gasteiger partial charge in [-0.05, 0) is 58.3 Å². The lowest BCUT2D eigenvalue weighted by Crippen LogP contribution is -2.26. The fourth-order valence-corrected chi connectivity index (χ4v) is 2.66. The van der Waals surface area contributed by atoms with E-state index in [4.69, 9.17) is 5.73 Å². The highest BCUT2D eigenvalue weighted by atomic mass is 35.5. The molecule has 0 unspecified atom stereocenters. The van der Waals surface area contributed by atoms with E-state index in [0.717, 1.165) is 32.9 Å². The second kappa shape index (κ2) is 8.20. The molecular formula is C19H18ClN7. The molecule has 5 N–H and O–H groups in total. The van der Waals surface area contributed by atoms with Gasteiger partial charge in [0, 0.05) is 23.4 Å². The molecule has 27 heavy (non-hydrogen) atoms. The van der Waals surface area contributed by atoms with Crippen molar-refractivity contribution in [3.05, 3.63) is 72.1 Å². The van der Waals surface area contributed by atoms with Gasteiger partial charge in [-0.15, -0.1) is 17.5 Å². The number of hydrogen-bond donors (Lipinski definition) is 4. The number of rotatable bonds is 4. The van der Waals surface area contributed by atoms with Gasteiger partial charge in [0.25, 0.3) is 0 Å². The minimum atomic E-state index is 0. The smallest absolute Gasteiger partial charge is 0.234 e. The van der Waals surface area contributed by atoms with E-state index >= 15 is 0 Å². The van der Waals surface area contributed by atoms with Crippen molar-refractivity contribution in [1.29, 1.82) is 0 Å². The molecule has 2 aromatic carbocycles. The van der Waals surface area contributed by atoms with Crippen LogP contribution in [-0.2, 0) is 0 Å². The number of benzene rings is 2. The molecule has 0 aliphatic rings. The highest BCUT2D eigenvalue weighted by molar-refractivity contribution is 5.91. The molecule has 0 spiro atoms. The first kappa shape index (κ1) is 18.2. The molecule has 0 fully saturated rings. The summed E-state index contributed by atoms with van der Waals surface area (Å²) in [5.74, 6) is 0.114. The van der Waals surface area contributed by atoms with Gasteiger partial charge >= 0.3 is 0 Å². The molecule has 136 valence electrons. The molecule has 0 saturated heterocycles. The number of fused-ring (bicyclic) bond motifs is 2. The first-order valence-corrected chi connectivity index (χ1v) is 8.08. The van der Waals surface area contributed by atoms with Gasteiger partial charge in [0.2, 0.25) is 5.96 Å². The summed E-state index contributed by atoms with van der Waals surface area (Å²) in [6, 6.07) is 16.0. The van der Waals surface area contributed by atoms with Crippen LogP contribution in [0.15, 0.2) is 76.2 Å². The Morgan fingerprint density at radius 3 is 2.07 bits per heavy atom. The number of aromatic nitrogens is 2. The third-order valence-electron chi connectivity index (χ3n) is 3.92. The van der Waals surface area contributed by atoms with Crippen LogP contribution in [0.3, 0.4) is 0 Å². The Kier molecular flexibility index (Phi) is 5.53. The van der Waals surface area contributed by atoms with E-state index < -0.39 is 0 Å². The number of nitrogens with zero attached hydrogens (tertiary/aromatic N) is 3. The van der Waals surface area contributed by atoms with E-state index in [-0.39, 0.29) is 18.4 Å². The van der Waals surface area contributed by atoms with Gasteiger partial charge < -0.3 is 15.7 Å². The van der Waals surface area contributed by atoms with Crippen molar-refractivity contribution < 1.29 is 0 Å². The fraction of sp³-hybridized carbons (Fsp3) is 0. The molecular weight excluding hydrogens is 362 g/mol. The third kappa shape index (κ3) is 4.34. The van der Waals surface area contributed by atoms with Crippen molar-refractivity contribution in [3.8, 4) is 0 Å². The number of nitrogens with two attached hydrogens (primary N) is 1. The molecule has 8 heteroatoms. The quantitative estimate of drug-likeness (QED) is 0.248. The molecule has 0 radical (unpaired) electrons. The van der Waals surface area contributed by atoms with Crippen molar-refractivity contribution in [2.24, 2.45) is 21.0 Å². The standard InChI is InChI=1S/C19H17N7.ClH/c20-19(25-23-11-13-1-3-17-15(9-13)5-7-21-17)26-24-12-14-2-4-18-16(10-14)6-8-22-18;/h1-12,21-22H,(H3,20,25,26);1H/b23-11+,24-12+;. The average molecular weight is 380 g/mol. The minimum absolute atomic E-state index is 0. The highest BCUT2D eigenvalue weighted by Gasteiger charge is 1.96. The van der Waals surface area contributed by atoms with E-state index in [1.807, 2.05) is 60.9 Å². The Morgan fingerprint density at radius 1 is 0.852 bits per heavy atom. The maximum absolute atomic E-state index is 5.75. The molecule has 0 aliphatic heterocycles. The number of guanidine groups is 1. The van der Waals surface area contributed by atoms with Gasteiger partial charge in [-0.3, -0.25) is 0 Å². The third-order valence-corrected chi connectivity index (χ3v) is 3.92. The SMILES string of the molecule is Cl.N/C(=N\N=C\c1ccc2[nH]ccc2c1)N/N=C/c1ccc2[nH]ccc2c1. The molecule has 0 atom stereocenters. The fourth-order valence-electron chi connectivity index (χ4n) is 2.66. The molecule has 0 bridgehead atoms. The van der Waals surface area contributed by atoms with Gasteiger partial charge in [0.05, 0.1) is 12.4 Å². The second-order valence-corrected chi connectivity index (χ2v) is 5.75. The summed E-state index contributed by atoms with van der Waals surface area (Å²) < 4.78 is 0. The van der Waals surface area contributed by atoms with E-state index in [1.165, 1.54) is 0 Å². The molecule has 2 heterocycles. The van der Waals surface area contributed by atoms with Crippen molar-refractivity contribution in [1.82, 2.24) is 15.4 Å². The average Bonchev–Trinajstić information content (AvgIpc) is 3.29. The number of halogens is 1. The summed E-state index contributed by atoms with van der Waals surface area (Å²) in [6.07, 6.45) is 7.13. The van der Waals surface area contributed by atoms with Gasteiger partial charge in [0.1, 0.15) is 0 Å². The Hall–Kier alpha value is -3.58. The molecule has 4 aromatic rings. The first-order valence-electron chi connectivity index (χ1n) is 8.08. The molecule has 2 aromatic heterocycles. The topological polar surface area (TPSA) is 107 Å². The lowest BCUT2D eigenvalue weighted by Gasteiger charge is -1.97. The normalized spacial score (nSPS) is 12.2. The zero-order valence-corrected chi connectivity index (χ0v) is 15.1. The van der Waals surface area contributed by atoms with Gasteiger partial charge in [0.15, 0.2) is 0 Å². The number of H-pyrrole nitrogens is 2. The van der Waals surface area contributed by atoms with Crippen LogP contribution < -0.4 is 11.2 Å². The van der Waals surface area contributed by atoms with Crippen LogP contribution in [0.5, 0.6) is 0 Å². The van der Waals surface area contributed by atoms with Crippen molar-refractivity contribution >= 4 is 52.6 Å². The highest BCUT2D eigenvalue weighted by Crippen LogP contribution is 2.13. The molecule has 0 amide bonds. The maximum Gasteiger partial charge on any atom is 0.234 e. The van der Waals surface area contributed by atoms with Crippen LogP contribution in [-0.4, -0.2) is 28.4 Å². The Labute approximate surface area is 161 Å². The van der Waals surface area contributed by atoms with Crippen LogP contribution in [0.1, 0.15) is 11.1 Å². The number of hydrogen-bond acceptors (Lipinski definition) is 3. The first-order chi connectivity index (χ1) is 12.8. The second-order valence-electron chi connectivity index (χ2n) is 5.75. The summed E-state index contributed by atoms with van der Waals surface area (Å²) >= 11 is 0. The summed E-state index contributed by atoms with van der Waals surface area (Å²) in [6.45, 7) is 0. The Balaban J connectivity index is 0.00000210. The van der Waals surface area contributed by atoms with Crippen LogP contribution >= 0.6 is 12.4 Å². The summed E-state index contributed by atoms with van der Waals surface area (Å²) in [7, 11) is 0. The summed E-state index contributed by atoms with van der Waals surface area (Å²) in [4.78, 5) is 6.30. The molecule has 0 saturated carbocycles. The molecule has 4 rings (SSSR count). The Bertz CT molecular complexity index is 1140. The van der Waals surface area contributed by atoms with E-state index in [0.29, 0.717) is 0 Å². The van der Waals surface area contributed by atoms with Crippen LogP contribution in [0, 0.1) is 0 Å². The Morgan fingerprint density at radius 2 is 1.44 bits per heavy atom. The van der Waals surface area contributed by atoms with Crippen LogP contribution in [0.2, 0.25) is 0 Å². The lowest BCUT2D eigenvalue weighted by atomic mass is 10.2. The van der Waals surface area contributed by atoms with Gasteiger partial charge in [-0.25, -0.2) is 5.43 Å². The zero-order chi connectivity index (χ0) is 17.8. The largest absolute Gasteiger partial charge is 0.367 e. The van der Waals surface area contributed by atoms with E-state index in [2.05, 4.69) is 30.7 Å². The summed E-state index contributed by atoms with van der Waals surface area (Å²) in [5.41, 5.74) is 12.5. The van der Waals surface area contributed by atoms with Gasteiger partial charge in [-0.2, -0.15) is 10.2 Å². The van der Waals surface area contributed by atoms with Gasteiger partial charge in [-0.1, -0.05) is 12.1 Å². The summed E-state index contributed by atoms with van der Waals surface area (Å²) in [5, 5.41) is 14.2. The molecule has 0 aliphatic carbocycles.